The first kappa shape index (κ1) is 16.5. The third-order valence-corrected chi connectivity index (χ3v) is 4.01. The molecule has 4 rings (SSSR count). The molecule has 1 aromatic carbocycles. The first-order valence-corrected chi connectivity index (χ1v) is 8.10. The summed E-state index contributed by atoms with van der Waals surface area (Å²) < 4.78 is 6.77. The third-order valence-electron chi connectivity index (χ3n) is 4.01. The number of fused-ring (bicyclic) bond motifs is 1. The van der Waals surface area contributed by atoms with Gasteiger partial charge in [-0.15, -0.1) is 5.10 Å². The second-order valence-corrected chi connectivity index (χ2v) is 5.72. The van der Waals surface area contributed by atoms with Gasteiger partial charge < -0.3 is 15.2 Å². The summed E-state index contributed by atoms with van der Waals surface area (Å²) in [5.41, 5.74) is 3.37. The second kappa shape index (κ2) is 6.75. The van der Waals surface area contributed by atoms with E-state index < -0.39 is 5.97 Å². The molecule has 27 heavy (non-hydrogen) atoms. The maximum Gasteiger partial charge on any atom is 0.335 e. The van der Waals surface area contributed by atoms with Gasteiger partial charge in [0.25, 0.3) is 0 Å². The molecule has 0 spiro atoms. The molecule has 8 heteroatoms. The van der Waals surface area contributed by atoms with Gasteiger partial charge in [0.2, 0.25) is 11.8 Å². The summed E-state index contributed by atoms with van der Waals surface area (Å²) >= 11 is 0. The number of nitrogens with one attached hydrogen (secondary N) is 1. The predicted octanol–water partition coefficient (Wildman–Crippen LogP) is 3.24. The van der Waals surface area contributed by atoms with Crippen molar-refractivity contribution in [3.8, 4) is 17.0 Å². The van der Waals surface area contributed by atoms with E-state index in [4.69, 9.17) is 9.84 Å². The lowest BCUT2D eigenvalue weighted by Gasteiger charge is -2.03. The van der Waals surface area contributed by atoms with Crippen molar-refractivity contribution in [3.05, 3.63) is 66.5 Å². The summed E-state index contributed by atoms with van der Waals surface area (Å²) in [5.74, 6) is -0.0172. The Bertz CT molecular complexity index is 1100. The lowest BCUT2D eigenvalue weighted by atomic mass is 10.1. The number of benzene rings is 1. The van der Waals surface area contributed by atoms with Crippen molar-refractivity contribution in [2.75, 3.05) is 12.4 Å². The van der Waals surface area contributed by atoms with Crippen LogP contribution in [0.4, 0.5) is 11.6 Å². The van der Waals surface area contributed by atoms with Crippen LogP contribution in [0.3, 0.4) is 0 Å². The molecule has 0 aliphatic heterocycles. The first-order valence-electron chi connectivity index (χ1n) is 8.10. The van der Waals surface area contributed by atoms with Gasteiger partial charge in [-0.1, -0.05) is 0 Å². The van der Waals surface area contributed by atoms with Crippen LogP contribution in [0.2, 0.25) is 0 Å². The fraction of sp³-hybridized carbons (Fsp3) is 0.0526. The molecular formula is C19H15N5O3. The SMILES string of the molecule is COc1ccc(-c2cccn3nc(Nc4ccc(C(=O)O)cc4)nc23)cn1. The Balaban J connectivity index is 1.66. The second-order valence-electron chi connectivity index (χ2n) is 5.72. The smallest absolute Gasteiger partial charge is 0.335 e. The number of nitrogens with zero attached hydrogens (tertiary/aromatic N) is 4. The minimum Gasteiger partial charge on any atom is -0.481 e. The van der Waals surface area contributed by atoms with Crippen molar-refractivity contribution < 1.29 is 14.6 Å². The molecule has 0 atom stereocenters. The van der Waals surface area contributed by atoms with E-state index in [2.05, 4.69) is 20.4 Å². The molecule has 0 saturated carbocycles. The van der Waals surface area contributed by atoms with Crippen LogP contribution in [-0.2, 0) is 0 Å². The zero-order chi connectivity index (χ0) is 18.8. The van der Waals surface area contributed by atoms with Gasteiger partial charge in [-0.2, -0.15) is 4.98 Å². The molecule has 3 aromatic heterocycles. The maximum atomic E-state index is 10.9. The van der Waals surface area contributed by atoms with Gasteiger partial charge in [-0.25, -0.2) is 14.3 Å². The topological polar surface area (TPSA) is 102 Å². The largest absolute Gasteiger partial charge is 0.481 e. The number of carboxylic acid groups (broad SMARTS) is 1. The first-order chi connectivity index (χ1) is 13.1. The molecule has 0 radical (unpaired) electrons. The molecule has 8 nitrogen and oxygen atoms in total. The van der Waals surface area contributed by atoms with E-state index in [1.54, 1.807) is 36.0 Å². The summed E-state index contributed by atoms with van der Waals surface area (Å²) in [5, 5.41) is 16.5. The fourth-order valence-electron chi connectivity index (χ4n) is 2.67. The molecule has 0 fully saturated rings. The van der Waals surface area contributed by atoms with E-state index in [9.17, 15) is 4.79 Å². The number of methoxy groups -OCH3 is 1. The van der Waals surface area contributed by atoms with E-state index in [0.29, 0.717) is 23.2 Å². The van der Waals surface area contributed by atoms with Gasteiger partial charge in [0.05, 0.1) is 12.7 Å². The van der Waals surface area contributed by atoms with Gasteiger partial charge in [0, 0.05) is 35.3 Å². The summed E-state index contributed by atoms with van der Waals surface area (Å²) in [4.78, 5) is 19.7. The summed E-state index contributed by atoms with van der Waals surface area (Å²) in [6.07, 6.45) is 3.53. The fourth-order valence-corrected chi connectivity index (χ4v) is 2.67. The third kappa shape index (κ3) is 3.28. The van der Waals surface area contributed by atoms with E-state index in [1.165, 1.54) is 12.1 Å². The molecule has 0 saturated heterocycles. The van der Waals surface area contributed by atoms with Gasteiger partial charge in [0.1, 0.15) is 0 Å². The zero-order valence-electron chi connectivity index (χ0n) is 14.3. The maximum absolute atomic E-state index is 10.9. The minimum absolute atomic E-state index is 0.220. The van der Waals surface area contributed by atoms with Crippen molar-refractivity contribution in [1.29, 1.82) is 0 Å². The van der Waals surface area contributed by atoms with Crippen LogP contribution in [0.25, 0.3) is 16.8 Å². The number of hydrogen-bond donors (Lipinski definition) is 2. The molecule has 4 aromatic rings. The van der Waals surface area contributed by atoms with Crippen molar-refractivity contribution >= 4 is 23.3 Å². The molecule has 0 unspecified atom stereocenters. The number of ether oxygens (including phenoxy) is 1. The van der Waals surface area contributed by atoms with E-state index >= 15 is 0 Å². The average Bonchev–Trinajstić information content (AvgIpc) is 3.11. The Kier molecular flexibility index (Phi) is 4.13. The Morgan fingerprint density at radius 3 is 2.63 bits per heavy atom. The Morgan fingerprint density at radius 2 is 1.96 bits per heavy atom. The summed E-state index contributed by atoms with van der Waals surface area (Å²) in [6, 6.07) is 13.9. The lowest BCUT2D eigenvalue weighted by molar-refractivity contribution is 0.0697. The van der Waals surface area contributed by atoms with Crippen molar-refractivity contribution in [3.63, 3.8) is 0 Å². The number of aromatic carboxylic acids is 1. The monoisotopic (exact) mass is 361 g/mol. The number of pyridine rings is 2. The van der Waals surface area contributed by atoms with Crippen LogP contribution < -0.4 is 10.1 Å². The van der Waals surface area contributed by atoms with Crippen molar-refractivity contribution in [2.24, 2.45) is 0 Å². The molecule has 0 aliphatic rings. The summed E-state index contributed by atoms with van der Waals surface area (Å²) in [6.45, 7) is 0. The van der Waals surface area contributed by atoms with Gasteiger partial charge in [0.15, 0.2) is 5.65 Å². The van der Waals surface area contributed by atoms with Crippen molar-refractivity contribution in [2.45, 2.75) is 0 Å². The summed E-state index contributed by atoms with van der Waals surface area (Å²) in [7, 11) is 1.57. The quantitative estimate of drug-likeness (QED) is 0.562. The van der Waals surface area contributed by atoms with Crippen LogP contribution >= 0.6 is 0 Å². The highest BCUT2D eigenvalue weighted by Gasteiger charge is 2.11. The van der Waals surface area contributed by atoms with Gasteiger partial charge in [-0.05, 0) is 42.5 Å². The molecule has 2 N–H and O–H groups in total. The highest BCUT2D eigenvalue weighted by Crippen LogP contribution is 2.25. The molecule has 134 valence electrons. The van der Waals surface area contributed by atoms with Crippen LogP contribution in [-0.4, -0.2) is 37.8 Å². The molecule has 0 bridgehead atoms. The van der Waals surface area contributed by atoms with E-state index in [1.807, 2.05) is 24.4 Å². The molecule has 0 amide bonds. The Hall–Kier alpha value is -3.94. The minimum atomic E-state index is -0.967. The van der Waals surface area contributed by atoms with Crippen LogP contribution in [0, 0.1) is 0 Å². The predicted molar refractivity (Wildman–Crippen MR) is 99.5 cm³/mol. The molecule has 3 heterocycles. The van der Waals surface area contributed by atoms with Crippen LogP contribution in [0.5, 0.6) is 5.88 Å². The number of rotatable bonds is 5. The Labute approximate surface area is 154 Å². The number of anilines is 2. The highest BCUT2D eigenvalue weighted by atomic mass is 16.5. The van der Waals surface area contributed by atoms with Gasteiger partial charge >= 0.3 is 5.97 Å². The average molecular weight is 361 g/mol. The number of carboxylic acids is 1. The molecular weight excluding hydrogens is 346 g/mol. The number of carbonyl (C=O) groups is 1. The molecule has 0 aliphatic carbocycles. The number of hydrogen-bond acceptors (Lipinski definition) is 6. The normalized spacial score (nSPS) is 10.7. The Morgan fingerprint density at radius 1 is 1.15 bits per heavy atom. The van der Waals surface area contributed by atoms with E-state index in [-0.39, 0.29) is 5.56 Å². The highest BCUT2D eigenvalue weighted by molar-refractivity contribution is 5.88. The van der Waals surface area contributed by atoms with Gasteiger partial charge in [-0.3, -0.25) is 0 Å². The standard InChI is InChI=1S/C19H15N5O3/c1-27-16-9-6-13(11-20-16)15-3-2-10-24-17(15)22-19(23-24)21-14-7-4-12(5-8-14)18(25)26/h2-11H,1H3,(H,21,23)(H,25,26). The van der Waals surface area contributed by atoms with Crippen molar-refractivity contribution in [1.82, 2.24) is 19.6 Å². The lowest BCUT2D eigenvalue weighted by Crippen LogP contribution is -1.97. The number of aromatic nitrogens is 4. The zero-order valence-corrected chi connectivity index (χ0v) is 14.3. The van der Waals surface area contributed by atoms with Crippen LogP contribution in [0.15, 0.2) is 60.9 Å². The van der Waals surface area contributed by atoms with Crippen LogP contribution in [0.1, 0.15) is 10.4 Å². The van der Waals surface area contributed by atoms with E-state index in [0.717, 1.165) is 11.1 Å².